The molecule has 2 aromatic carbocycles. The Labute approximate surface area is 209 Å². The van der Waals surface area contributed by atoms with Crippen molar-refractivity contribution in [1.29, 1.82) is 0 Å². The van der Waals surface area contributed by atoms with Gasteiger partial charge in [0, 0.05) is 54.8 Å². The molecule has 9 heteroatoms. The van der Waals surface area contributed by atoms with Crippen molar-refractivity contribution in [3.63, 3.8) is 0 Å². The Morgan fingerprint density at radius 2 is 1.86 bits per heavy atom. The van der Waals surface area contributed by atoms with Gasteiger partial charge in [0.15, 0.2) is 0 Å². The first-order chi connectivity index (χ1) is 17.6. The number of rotatable bonds is 11. The lowest BCUT2D eigenvalue weighted by Gasteiger charge is -2.16. The van der Waals surface area contributed by atoms with Gasteiger partial charge in [-0.3, -0.25) is 9.59 Å². The predicted octanol–water partition coefficient (Wildman–Crippen LogP) is 4.09. The zero-order valence-corrected chi connectivity index (χ0v) is 20.1. The van der Waals surface area contributed by atoms with E-state index in [0.29, 0.717) is 18.1 Å². The average molecular weight is 484 g/mol. The van der Waals surface area contributed by atoms with Crippen molar-refractivity contribution in [2.45, 2.75) is 32.4 Å². The highest BCUT2D eigenvalue weighted by Crippen LogP contribution is 2.26. The Morgan fingerprint density at radius 3 is 2.67 bits per heavy atom. The second kappa shape index (κ2) is 12.3. The maximum atomic E-state index is 12.4. The highest BCUT2D eigenvalue weighted by molar-refractivity contribution is 6.04. The van der Waals surface area contributed by atoms with Gasteiger partial charge in [-0.1, -0.05) is 30.3 Å². The molecule has 0 spiro atoms. The Hall–Kier alpha value is -4.53. The topological polar surface area (TPSA) is 114 Å². The lowest BCUT2D eigenvalue weighted by Crippen LogP contribution is -2.23. The van der Waals surface area contributed by atoms with Crippen molar-refractivity contribution in [3.05, 3.63) is 91.3 Å². The number of hydrogen-bond donors (Lipinski definition) is 3. The van der Waals surface area contributed by atoms with Crippen LogP contribution in [0.3, 0.4) is 0 Å². The molecule has 0 aliphatic carbocycles. The smallest absolute Gasteiger partial charge is 0.248 e. The number of aromatic nitrogens is 4. The molecule has 2 heterocycles. The minimum atomic E-state index is -0.395. The number of aryl methyl sites for hydroxylation is 1. The van der Waals surface area contributed by atoms with Crippen LogP contribution < -0.4 is 16.0 Å². The van der Waals surface area contributed by atoms with Crippen LogP contribution in [0.4, 0.5) is 11.5 Å². The quantitative estimate of drug-likeness (QED) is 0.219. The van der Waals surface area contributed by atoms with E-state index in [1.807, 2.05) is 41.1 Å². The summed E-state index contributed by atoms with van der Waals surface area (Å²) < 4.78 is 1.99. The standard InChI is InChI=1S/C27H29N7O2/c1-20(21-7-3-2-4-8-21)32-27-23-17-22(9-10-24(23)30-18-31-27)33-26(36)12-11-25(35)29-13-5-6-15-34-16-14-28-19-34/h2-4,7-12,14,16-20H,5-6,13,15H2,1H3,(H,29,35)(H,33,36)(H,30,31,32). The summed E-state index contributed by atoms with van der Waals surface area (Å²) in [5.41, 5.74) is 2.48. The average Bonchev–Trinajstić information content (AvgIpc) is 3.42. The molecule has 4 rings (SSSR count). The molecule has 0 saturated carbocycles. The van der Waals surface area contributed by atoms with Crippen LogP contribution in [-0.2, 0) is 16.1 Å². The van der Waals surface area contributed by atoms with E-state index in [0.717, 1.165) is 35.9 Å². The van der Waals surface area contributed by atoms with Gasteiger partial charge in [0.2, 0.25) is 11.8 Å². The Bertz CT molecular complexity index is 1320. The minimum absolute atomic E-state index is 0.0369. The lowest BCUT2D eigenvalue weighted by molar-refractivity contribution is -0.117. The summed E-state index contributed by atoms with van der Waals surface area (Å²) in [7, 11) is 0. The van der Waals surface area contributed by atoms with Gasteiger partial charge in [0.1, 0.15) is 12.1 Å². The van der Waals surface area contributed by atoms with Crippen LogP contribution in [0.1, 0.15) is 31.4 Å². The van der Waals surface area contributed by atoms with E-state index in [2.05, 4.69) is 50.0 Å². The van der Waals surface area contributed by atoms with Crippen molar-refractivity contribution in [2.24, 2.45) is 0 Å². The summed E-state index contributed by atoms with van der Waals surface area (Å²) in [4.78, 5) is 37.1. The van der Waals surface area contributed by atoms with Crippen molar-refractivity contribution < 1.29 is 9.59 Å². The van der Waals surface area contributed by atoms with Gasteiger partial charge in [0.05, 0.1) is 11.8 Å². The van der Waals surface area contributed by atoms with E-state index in [-0.39, 0.29) is 11.9 Å². The monoisotopic (exact) mass is 483 g/mol. The van der Waals surface area contributed by atoms with Gasteiger partial charge in [-0.25, -0.2) is 15.0 Å². The molecule has 0 saturated heterocycles. The fourth-order valence-corrected chi connectivity index (χ4v) is 3.72. The molecule has 1 unspecified atom stereocenters. The van der Waals surface area contributed by atoms with Crippen LogP contribution in [0.2, 0.25) is 0 Å². The Morgan fingerprint density at radius 1 is 1.03 bits per heavy atom. The van der Waals surface area contributed by atoms with E-state index in [1.165, 1.54) is 18.5 Å². The molecule has 184 valence electrons. The number of benzene rings is 2. The molecule has 0 aliphatic heterocycles. The summed E-state index contributed by atoms with van der Waals surface area (Å²) >= 11 is 0. The first kappa shape index (κ1) is 24.6. The summed E-state index contributed by atoms with van der Waals surface area (Å²) in [6, 6.07) is 15.5. The van der Waals surface area contributed by atoms with E-state index < -0.39 is 5.91 Å². The third kappa shape index (κ3) is 6.99. The van der Waals surface area contributed by atoms with E-state index in [1.54, 1.807) is 18.6 Å². The van der Waals surface area contributed by atoms with Gasteiger partial charge < -0.3 is 20.5 Å². The fourth-order valence-electron chi connectivity index (χ4n) is 3.72. The molecule has 0 fully saturated rings. The first-order valence-electron chi connectivity index (χ1n) is 11.9. The predicted molar refractivity (Wildman–Crippen MR) is 140 cm³/mol. The van der Waals surface area contributed by atoms with Crippen molar-refractivity contribution in [2.75, 3.05) is 17.2 Å². The molecule has 0 aliphatic rings. The van der Waals surface area contributed by atoms with E-state index >= 15 is 0 Å². The number of nitrogens with one attached hydrogen (secondary N) is 3. The minimum Gasteiger partial charge on any atom is -0.363 e. The molecule has 0 radical (unpaired) electrons. The third-order valence-corrected chi connectivity index (χ3v) is 5.64. The summed E-state index contributed by atoms with van der Waals surface area (Å²) in [6.45, 7) is 3.46. The number of unbranched alkanes of at least 4 members (excludes halogenated alkanes) is 1. The van der Waals surface area contributed by atoms with E-state index in [9.17, 15) is 9.59 Å². The molecule has 2 amide bonds. The fraction of sp³-hybridized carbons (Fsp3) is 0.222. The second-order valence-corrected chi connectivity index (χ2v) is 8.35. The largest absolute Gasteiger partial charge is 0.363 e. The Kier molecular flexibility index (Phi) is 8.37. The SMILES string of the molecule is CC(Nc1ncnc2ccc(NC(=O)C=CC(=O)NCCCCn3ccnc3)cc12)c1ccccc1. The van der Waals surface area contributed by atoms with Crippen LogP contribution in [0, 0.1) is 0 Å². The molecule has 3 N–H and O–H groups in total. The number of carbonyl (C=O) groups is 2. The van der Waals surface area contributed by atoms with Crippen LogP contribution in [-0.4, -0.2) is 37.9 Å². The molecule has 1 atom stereocenters. The molecule has 9 nitrogen and oxygen atoms in total. The maximum absolute atomic E-state index is 12.4. The highest BCUT2D eigenvalue weighted by atomic mass is 16.2. The number of amides is 2. The van der Waals surface area contributed by atoms with Gasteiger partial charge >= 0.3 is 0 Å². The number of hydrogen-bond acceptors (Lipinski definition) is 6. The van der Waals surface area contributed by atoms with Gasteiger partial charge in [-0.05, 0) is 43.5 Å². The number of fused-ring (bicyclic) bond motifs is 1. The van der Waals surface area contributed by atoms with Gasteiger partial charge in [-0.15, -0.1) is 0 Å². The summed E-state index contributed by atoms with van der Waals surface area (Å²) in [5, 5.41) is 9.80. The van der Waals surface area contributed by atoms with Crippen LogP contribution in [0.25, 0.3) is 10.9 Å². The number of anilines is 2. The number of nitrogens with zero attached hydrogens (tertiary/aromatic N) is 4. The van der Waals surface area contributed by atoms with Crippen molar-refractivity contribution in [1.82, 2.24) is 24.8 Å². The molecular formula is C27H29N7O2. The maximum Gasteiger partial charge on any atom is 0.248 e. The normalized spacial score (nSPS) is 11.9. The van der Waals surface area contributed by atoms with Gasteiger partial charge in [-0.2, -0.15) is 0 Å². The van der Waals surface area contributed by atoms with Crippen LogP contribution in [0.5, 0.6) is 0 Å². The zero-order valence-electron chi connectivity index (χ0n) is 20.1. The molecule has 36 heavy (non-hydrogen) atoms. The van der Waals surface area contributed by atoms with Crippen LogP contribution >= 0.6 is 0 Å². The van der Waals surface area contributed by atoms with Crippen molar-refractivity contribution in [3.8, 4) is 0 Å². The molecular weight excluding hydrogens is 454 g/mol. The number of carbonyl (C=O) groups excluding carboxylic acids is 2. The number of imidazole rings is 1. The van der Waals surface area contributed by atoms with Gasteiger partial charge in [0.25, 0.3) is 0 Å². The van der Waals surface area contributed by atoms with Crippen LogP contribution in [0.15, 0.2) is 85.7 Å². The van der Waals surface area contributed by atoms with E-state index in [4.69, 9.17) is 0 Å². The first-order valence-corrected chi connectivity index (χ1v) is 11.9. The lowest BCUT2D eigenvalue weighted by atomic mass is 10.1. The highest BCUT2D eigenvalue weighted by Gasteiger charge is 2.10. The third-order valence-electron chi connectivity index (χ3n) is 5.64. The zero-order chi connectivity index (χ0) is 25.2. The van der Waals surface area contributed by atoms with Crippen molar-refractivity contribution >= 4 is 34.2 Å². The summed E-state index contributed by atoms with van der Waals surface area (Å²) in [5.74, 6) is -0.0230. The molecule has 2 aromatic heterocycles. The summed E-state index contributed by atoms with van der Waals surface area (Å²) in [6.07, 6.45) is 11.2. The molecule has 0 bridgehead atoms. The molecule has 4 aromatic rings. The second-order valence-electron chi connectivity index (χ2n) is 8.35. The Balaban J connectivity index is 1.30.